The highest BCUT2D eigenvalue weighted by atomic mass is 32.1. The summed E-state index contributed by atoms with van der Waals surface area (Å²) in [6.45, 7) is 4.34. The van der Waals surface area contributed by atoms with E-state index in [-0.39, 0.29) is 24.5 Å². The number of nitrogens with zero attached hydrogens (tertiary/aromatic N) is 3. The van der Waals surface area contributed by atoms with Crippen LogP contribution in [0.1, 0.15) is 23.3 Å². The van der Waals surface area contributed by atoms with Crippen molar-refractivity contribution in [2.75, 3.05) is 37.6 Å². The Kier molecular flexibility index (Phi) is 5.63. The van der Waals surface area contributed by atoms with E-state index in [4.69, 9.17) is 9.90 Å². The molecule has 3 amide bonds. The van der Waals surface area contributed by atoms with Gasteiger partial charge in [0.2, 0.25) is 0 Å². The number of nitrogens with one attached hydrogen (secondary N) is 2. The summed E-state index contributed by atoms with van der Waals surface area (Å²) in [6.07, 6.45) is 2.34. The van der Waals surface area contributed by atoms with Crippen molar-refractivity contribution in [1.29, 1.82) is 0 Å². The van der Waals surface area contributed by atoms with Crippen LogP contribution in [0.5, 0.6) is 0 Å². The van der Waals surface area contributed by atoms with Gasteiger partial charge in [-0.05, 0) is 61.6 Å². The smallest absolute Gasteiger partial charge is 0.321 e. The maximum absolute atomic E-state index is 12.8. The Bertz CT molecular complexity index is 924. The van der Waals surface area contributed by atoms with Crippen LogP contribution in [-0.4, -0.2) is 71.6 Å². The zero-order chi connectivity index (χ0) is 20.4. The Morgan fingerprint density at radius 3 is 2.69 bits per heavy atom. The molecule has 29 heavy (non-hydrogen) atoms. The lowest BCUT2D eigenvalue weighted by Crippen LogP contribution is -2.57. The number of hydrogen-bond acceptors (Lipinski definition) is 6. The number of piperidine rings is 3. The van der Waals surface area contributed by atoms with Gasteiger partial charge < -0.3 is 20.6 Å². The molecule has 1 aromatic carbocycles. The molecule has 1 atom stereocenters. The Morgan fingerprint density at radius 2 is 2.07 bits per heavy atom. The fraction of sp³-hybridized carbons (Fsp3) is 0.474. The van der Waals surface area contributed by atoms with Crippen LogP contribution in [0, 0.1) is 5.92 Å². The molecule has 2 aromatic rings. The first-order valence-corrected chi connectivity index (χ1v) is 10.4. The highest BCUT2D eigenvalue weighted by Gasteiger charge is 2.35. The third-order valence-electron chi connectivity index (χ3n) is 5.81. The Labute approximate surface area is 171 Å². The van der Waals surface area contributed by atoms with Gasteiger partial charge in [-0.3, -0.25) is 14.5 Å². The number of benzene rings is 1. The number of rotatable bonds is 3. The van der Waals surface area contributed by atoms with E-state index in [1.165, 1.54) is 24.4 Å². The van der Waals surface area contributed by atoms with Gasteiger partial charge in [0.05, 0.1) is 4.70 Å². The first-order chi connectivity index (χ1) is 14.1. The minimum Gasteiger partial charge on any atom is -0.483 e. The van der Waals surface area contributed by atoms with Gasteiger partial charge in [-0.2, -0.15) is 4.37 Å². The van der Waals surface area contributed by atoms with Gasteiger partial charge in [-0.25, -0.2) is 4.79 Å². The van der Waals surface area contributed by atoms with Crippen molar-refractivity contribution in [2.45, 2.75) is 18.9 Å². The van der Waals surface area contributed by atoms with E-state index in [9.17, 15) is 9.59 Å². The SMILES string of the molecule is O=C(N[C@@H]1CN2CCC1CC2)c1nsc2cc(N3CCNC3=O)ccc12.O=CO. The van der Waals surface area contributed by atoms with Crippen molar-refractivity contribution in [2.24, 2.45) is 5.92 Å². The van der Waals surface area contributed by atoms with Crippen LogP contribution >= 0.6 is 11.5 Å². The molecule has 1 aromatic heterocycles. The number of carbonyl (C=O) groups is 3. The molecule has 0 aliphatic carbocycles. The first-order valence-electron chi connectivity index (χ1n) is 9.66. The van der Waals surface area contributed by atoms with E-state index < -0.39 is 0 Å². The Balaban J connectivity index is 0.000000645. The number of fused-ring (bicyclic) bond motifs is 4. The van der Waals surface area contributed by atoms with Crippen LogP contribution in [0.3, 0.4) is 0 Å². The van der Waals surface area contributed by atoms with Crippen molar-refractivity contribution in [3.05, 3.63) is 23.9 Å². The molecule has 0 unspecified atom stereocenters. The number of urea groups is 1. The fourth-order valence-electron chi connectivity index (χ4n) is 4.34. The van der Waals surface area contributed by atoms with E-state index in [2.05, 4.69) is 19.9 Å². The molecule has 3 N–H and O–H groups in total. The van der Waals surface area contributed by atoms with Crippen molar-refractivity contribution in [1.82, 2.24) is 19.9 Å². The van der Waals surface area contributed by atoms with Crippen molar-refractivity contribution >= 4 is 45.7 Å². The third kappa shape index (κ3) is 3.90. The predicted molar refractivity (Wildman–Crippen MR) is 109 cm³/mol. The molecule has 9 nitrogen and oxygen atoms in total. The largest absolute Gasteiger partial charge is 0.483 e. The molecule has 0 saturated carbocycles. The zero-order valence-corrected chi connectivity index (χ0v) is 16.7. The molecule has 4 aliphatic rings. The molecular formula is C19H23N5O4S. The molecule has 0 radical (unpaired) electrons. The summed E-state index contributed by atoms with van der Waals surface area (Å²) in [5.41, 5.74) is 1.35. The van der Waals surface area contributed by atoms with Crippen molar-refractivity contribution in [3.63, 3.8) is 0 Å². The second-order valence-corrected chi connectivity index (χ2v) is 8.22. The second kappa shape index (κ2) is 8.34. The zero-order valence-electron chi connectivity index (χ0n) is 15.8. The molecule has 4 aliphatic heterocycles. The van der Waals surface area contributed by atoms with Crippen LogP contribution in [0.2, 0.25) is 0 Å². The minimum atomic E-state index is -0.250. The van der Waals surface area contributed by atoms with E-state index in [1.54, 1.807) is 4.90 Å². The summed E-state index contributed by atoms with van der Waals surface area (Å²) in [6, 6.07) is 5.91. The number of hydrogen-bond donors (Lipinski definition) is 3. The number of anilines is 1. The standard InChI is InChI=1S/C18H21N5O2S.CH2O2/c24-17(20-14-10-22-6-3-11(14)4-7-22)16-13-2-1-12(9-15(13)26-21-16)23-8-5-19-18(23)25;2-1-3/h1-2,9,11,14H,3-8,10H2,(H,19,25)(H,20,24);1H,(H,2,3)/t14-;/m1./s1. The summed E-state index contributed by atoms with van der Waals surface area (Å²) in [4.78, 5) is 37.1. The number of aromatic nitrogens is 1. The van der Waals surface area contributed by atoms with Crippen molar-refractivity contribution < 1.29 is 19.5 Å². The van der Waals surface area contributed by atoms with Crippen LogP contribution in [0.4, 0.5) is 10.5 Å². The lowest BCUT2D eigenvalue weighted by atomic mass is 9.84. The lowest BCUT2D eigenvalue weighted by Gasteiger charge is -2.44. The quantitative estimate of drug-likeness (QED) is 0.650. The highest BCUT2D eigenvalue weighted by Crippen LogP contribution is 2.30. The summed E-state index contributed by atoms with van der Waals surface area (Å²) < 4.78 is 5.34. The molecule has 6 rings (SSSR count). The monoisotopic (exact) mass is 417 g/mol. The molecule has 4 fully saturated rings. The molecule has 5 heterocycles. The first kappa shape index (κ1) is 19.6. The lowest BCUT2D eigenvalue weighted by molar-refractivity contribution is -0.122. The van der Waals surface area contributed by atoms with Gasteiger partial charge in [0.15, 0.2) is 0 Å². The second-order valence-electron chi connectivity index (χ2n) is 7.42. The Hall–Kier alpha value is -2.72. The van der Waals surface area contributed by atoms with Gasteiger partial charge in [-0.15, -0.1) is 0 Å². The Morgan fingerprint density at radius 1 is 1.31 bits per heavy atom. The molecule has 2 bridgehead atoms. The fourth-order valence-corrected chi connectivity index (χ4v) is 5.15. The van der Waals surface area contributed by atoms with Gasteiger partial charge in [0.25, 0.3) is 12.4 Å². The summed E-state index contributed by atoms with van der Waals surface area (Å²) in [5, 5.41) is 13.8. The molecule has 0 spiro atoms. The predicted octanol–water partition coefficient (Wildman–Crippen LogP) is 1.35. The van der Waals surface area contributed by atoms with Gasteiger partial charge in [0, 0.05) is 36.7 Å². The van der Waals surface area contributed by atoms with Crippen LogP contribution in [0.15, 0.2) is 18.2 Å². The molecule has 10 heteroatoms. The molecule has 154 valence electrons. The minimum absolute atomic E-state index is 0.0748. The van der Waals surface area contributed by atoms with E-state index in [0.29, 0.717) is 24.7 Å². The maximum Gasteiger partial charge on any atom is 0.321 e. The van der Waals surface area contributed by atoms with E-state index >= 15 is 0 Å². The number of carbonyl (C=O) groups excluding carboxylic acids is 2. The van der Waals surface area contributed by atoms with Gasteiger partial charge in [-0.1, -0.05) is 0 Å². The average Bonchev–Trinajstić information content (AvgIpc) is 3.35. The van der Waals surface area contributed by atoms with E-state index in [1.807, 2.05) is 18.2 Å². The maximum atomic E-state index is 12.8. The summed E-state index contributed by atoms with van der Waals surface area (Å²) >= 11 is 1.31. The average molecular weight is 417 g/mol. The van der Waals surface area contributed by atoms with Gasteiger partial charge in [0.1, 0.15) is 5.69 Å². The normalized spacial score (nSPS) is 25.3. The highest BCUT2D eigenvalue weighted by molar-refractivity contribution is 7.13. The van der Waals surface area contributed by atoms with E-state index in [0.717, 1.165) is 35.4 Å². The number of amides is 3. The van der Waals surface area contributed by atoms with Crippen LogP contribution < -0.4 is 15.5 Å². The molecular weight excluding hydrogens is 394 g/mol. The summed E-state index contributed by atoms with van der Waals surface area (Å²) in [5.74, 6) is 0.510. The topological polar surface area (TPSA) is 115 Å². The number of carboxylic acid groups (broad SMARTS) is 1. The third-order valence-corrected chi connectivity index (χ3v) is 6.62. The van der Waals surface area contributed by atoms with Crippen molar-refractivity contribution in [3.8, 4) is 0 Å². The summed E-state index contributed by atoms with van der Waals surface area (Å²) in [7, 11) is 0. The van der Waals surface area contributed by atoms with Crippen LogP contribution in [-0.2, 0) is 4.79 Å². The molecule has 4 saturated heterocycles. The van der Waals surface area contributed by atoms with Gasteiger partial charge >= 0.3 is 6.03 Å². The van der Waals surface area contributed by atoms with Crippen LogP contribution in [0.25, 0.3) is 10.1 Å².